The lowest BCUT2D eigenvalue weighted by Gasteiger charge is -2.38. The molecule has 0 aromatic heterocycles. The minimum Gasteiger partial charge on any atom is -0.378 e. The van der Waals surface area contributed by atoms with Crippen LogP contribution in [0.3, 0.4) is 0 Å². The Morgan fingerprint density at radius 3 is 2.55 bits per heavy atom. The first-order chi connectivity index (χ1) is 9.46. The summed E-state index contributed by atoms with van der Waals surface area (Å²) in [6.07, 6.45) is -2.81. The summed E-state index contributed by atoms with van der Waals surface area (Å²) in [5, 5.41) is 2.49. The third kappa shape index (κ3) is 4.52. The highest BCUT2D eigenvalue weighted by Gasteiger charge is 2.31. The highest BCUT2D eigenvalue weighted by Crippen LogP contribution is 2.16. The Balaban J connectivity index is 1.81. The average molecular weight is 295 g/mol. The van der Waals surface area contributed by atoms with Gasteiger partial charge in [0, 0.05) is 32.2 Å². The zero-order valence-corrected chi connectivity index (χ0v) is 11.3. The zero-order valence-electron chi connectivity index (χ0n) is 11.3. The summed E-state index contributed by atoms with van der Waals surface area (Å²) in [5.74, 6) is 0. The lowest BCUT2D eigenvalue weighted by Crippen LogP contribution is -2.55. The minimum absolute atomic E-state index is 0.0909. The Bertz CT molecular complexity index is 332. The van der Waals surface area contributed by atoms with Crippen molar-refractivity contribution in [1.82, 2.24) is 15.1 Å². The number of amides is 2. The highest BCUT2D eigenvalue weighted by atomic mass is 19.4. The third-order valence-corrected chi connectivity index (χ3v) is 3.56. The van der Waals surface area contributed by atoms with E-state index >= 15 is 0 Å². The standard InChI is InChI=1S/C12H20F3N3O2/c13-12(14,15)9-16-10-2-1-3-18(8-10)11(19)17-4-6-20-7-5-17/h10,16H,1-9H2. The molecule has 0 aliphatic carbocycles. The first kappa shape index (κ1) is 15.4. The summed E-state index contributed by atoms with van der Waals surface area (Å²) in [6.45, 7) is 2.10. The molecule has 20 heavy (non-hydrogen) atoms. The van der Waals surface area contributed by atoms with Gasteiger partial charge in [0.1, 0.15) is 0 Å². The molecule has 1 unspecified atom stereocenters. The number of alkyl halides is 3. The maximum absolute atomic E-state index is 12.2. The summed E-state index contributed by atoms with van der Waals surface area (Å²) in [5.41, 5.74) is 0. The SMILES string of the molecule is O=C(N1CCOCC1)N1CCCC(NCC(F)(F)F)C1. The van der Waals surface area contributed by atoms with Crippen molar-refractivity contribution in [2.75, 3.05) is 45.9 Å². The molecule has 2 aliphatic heterocycles. The van der Waals surface area contributed by atoms with E-state index in [1.807, 2.05) is 0 Å². The number of halogens is 3. The fourth-order valence-corrected chi connectivity index (χ4v) is 2.53. The van der Waals surface area contributed by atoms with Gasteiger partial charge >= 0.3 is 12.2 Å². The Morgan fingerprint density at radius 2 is 1.90 bits per heavy atom. The Morgan fingerprint density at radius 1 is 1.20 bits per heavy atom. The molecule has 0 aromatic rings. The van der Waals surface area contributed by atoms with E-state index in [0.717, 1.165) is 6.42 Å². The van der Waals surface area contributed by atoms with Crippen molar-refractivity contribution in [3.05, 3.63) is 0 Å². The number of ether oxygens (including phenoxy) is 1. The number of hydrogen-bond donors (Lipinski definition) is 1. The van der Waals surface area contributed by atoms with Gasteiger partial charge in [-0.1, -0.05) is 0 Å². The number of morpholine rings is 1. The molecule has 2 heterocycles. The van der Waals surface area contributed by atoms with Crippen LogP contribution in [0.15, 0.2) is 0 Å². The van der Waals surface area contributed by atoms with Crippen LogP contribution in [0, 0.1) is 0 Å². The second kappa shape index (κ2) is 6.62. The number of nitrogens with one attached hydrogen (secondary N) is 1. The smallest absolute Gasteiger partial charge is 0.378 e. The first-order valence-corrected chi connectivity index (χ1v) is 6.87. The van der Waals surface area contributed by atoms with E-state index in [0.29, 0.717) is 45.8 Å². The van der Waals surface area contributed by atoms with Crippen molar-refractivity contribution < 1.29 is 22.7 Å². The maximum Gasteiger partial charge on any atom is 0.401 e. The van der Waals surface area contributed by atoms with Crippen LogP contribution in [0.25, 0.3) is 0 Å². The molecule has 5 nitrogen and oxygen atoms in total. The molecule has 0 saturated carbocycles. The number of carbonyl (C=O) groups is 1. The molecule has 0 bridgehead atoms. The van der Waals surface area contributed by atoms with Crippen molar-refractivity contribution in [1.29, 1.82) is 0 Å². The van der Waals surface area contributed by atoms with E-state index in [1.165, 1.54) is 0 Å². The summed E-state index contributed by atoms with van der Waals surface area (Å²) >= 11 is 0. The van der Waals surface area contributed by atoms with Crippen molar-refractivity contribution in [3.63, 3.8) is 0 Å². The predicted octanol–water partition coefficient (Wildman–Crippen LogP) is 1.05. The monoisotopic (exact) mass is 295 g/mol. The number of carbonyl (C=O) groups excluding carboxylic acids is 1. The summed E-state index contributed by atoms with van der Waals surface area (Å²) in [7, 11) is 0. The van der Waals surface area contributed by atoms with Crippen LogP contribution in [-0.4, -0.2) is 74.0 Å². The van der Waals surface area contributed by atoms with Gasteiger partial charge in [0.2, 0.25) is 0 Å². The van der Waals surface area contributed by atoms with E-state index in [1.54, 1.807) is 9.80 Å². The van der Waals surface area contributed by atoms with Crippen LogP contribution in [-0.2, 0) is 4.74 Å². The van der Waals surface area contributed by atoms with Crippen LogP contribution in [0.1, 0.15) is 12.8 Å². The molecule has 8 heteroatoms. The fraction of sp³-hybridized carbons (Fsp3) is 0.917. The molecule has 2 amide bonds. The number of hydrogen-bond acceptors (Lipinski definition) is 3. The van der Waals surface area contributed by atoms with E-state index in [2.05, 4.69) is 5.32 Å². The van der Waals surface area contributed by atoms with Gasteiger partial charge in [-0.25, -0.2) is 4.79 Å². The topological polar surface area (TPSA) is 44.8 Å². The zero-order chi connectivity index (χ0) is 14.6. The minimum atomic E-state index is -4.21. The van der Waals surface area contributed by atoms with Crippen molar-refractivity contribution in [2.45, 2.75) is 25.1 Å². The van der Waals surface area contributed by atoms with Gasteiger partial charge in [0.15, 0.2) is 0 Å². The van der Waals surface area contributed by atoms with E-state index in [4.69, 9.17) is 4.74 Å². The van der Waals surface area contributed by atoms with Crippen molar-refractivity contribution >= 4 is 6.03 Å². The normalized spacial score (nSPS) is 24.9. The molecule has 2 fully saturated rings. The lowest BCUT2D eigenvalue weighted by atomic mass is 10.1. The molecule has 0 radical (unpaired) electrons. The van der Waals surface area contributed by atoms with E-state index in [9.17, 15) is 18.0 Å². The summed E-state index contributed by atoms with van der Waals surface area (Å²) in [4.78, 5) is 15.6. The molecule has 1 atom stereocenters. The summed E-state index contributed by atoms with van der Waals surface area (Å²) < 4.78 is 41.8. The number of nitrogens with zero attached hydrogens (tertiary/aromatic N) is 2. The van der Waals surface area contributed by atoms with Gasteiger partial charge in [-0.15, -0.1) is 0 Å². The number of piperidine rings is 1. The first-order valence-electron chi connectivity index (χ1n) is 6.87. The predicted molar refractivity (Wildman–Crippen MR) is 66.4 cm³/mol. The summed E-state index contributed by atoms with van der Waals surface area (Å²) in [6, 6.07) is -0.373. The second-order valence-electron chi connectivity index (χ2n) is 5.16. The van der Waals surface area contributed by atoms with Crippen LogP contribution in [0.5, 0.6) is 0 Å². The Kier molecular flexibility index (Phi) is 5.09. The molecular weight excluding hydrogens is 275 g/mol. The van der Waals surface area contributed by atoms with Crippen molar-refractivity contribution in [3.8, 4) is 0 Å². The van der Waals surface area contributed by atoms with Crippen LogP contribution < -0.4 is 5.32 Å². The number of likely N-dealkylation sites (tertiary alicyclic amines) is 1. The number of urea groups is 1. The lowest BCUT2D eigenvalue weighted by molar-refractivity contribution is -0.126. The number of rotatable bonds is 2. The fourth-order valence-electron chi connectivity index (χ4n) is 2.53. The molecular formula is C12H20F3N3O2. The Hall–Kier alpha value is -1.02. The van der Waals surface area contributed by atoms with Crippen LogP contribution >= 0.6 is 0 Å². The molecule has 2 aliphatic rings. The quantitative estimate of drug-likeness (QED) is 0.828. The third-order valence-electron chi connectivity index (χ3n) is 3.56. The van der Waals surface area contributed by atoms with Gasteiger partial charge < -0.3 is 19.9 Å². The molecule has 116 valence electrons. The molecule has 2 rings (SSSR count). The largest absolute Gasteiger partial charge is 0.401 e. The van der Waals surface area contributed by atoms with Crippen LogP contribution in [0.4, 0.5) is 18.0 Å². The molecule has 0 aromatic carbocycles. The van der Waals surface area contributed by atoms with Gasteiger partial charge in [-0.3, -0.25) is 0 Å². The maximum atomic E-state index is 12.2. The van der Waals surface area contributed by atoms with E-state index < -0.39 is 12.7 Å². The van der Waals surface area contributed by atoms with Crippen molar-refractivity contribution in [2.24, 2.45) is 0 Å². The average Bonchev–Trinajstić information content (AvgIpc) is 2.45. The molecule has 2 saturated heterocycles. The second-order valence-corrected chi connectivity index (χ2v) is 5.16. The molecule has 1 N–H and O–H groups in total. The molecule has 0 spiro atoms. The van der Waals surface area contributed by atoms with Gasteiger partial charge in [-0.05, 0) is 12.8 Å². The Labute approximate surface area is 116 Å². The van der Waals surface area contributed by atoms with Gasteiger partial charge in [0.25, 0.3) is 0 Å². The van der Waals surface area contributed by atoms with Gasteiger partial charge in [-0.2, -0.15) is 13.2 Å². The van der Waals surface area contributed by atoms with Gasteiger partial charge in [0.05, 0.1) is 19.8 Å². The van der Waals surface area contributed by atoms with Crippen LogP contribution in [0.2, 0.25) is 0 Å². The highest BCUT2D eigenvalue weighted by molar-refractivity contribution is 5.74. The van der Waals surface area contributed by atoms with E-state index in [-0.39, 0.29) is 12.1 Å².